The number of aromatic nitrogens is 2. The molecular formula is C26H30N4O3. The Labute approximate surface area is 193 Å². The summed E-state index contributed by atoms with van der Waals surface area (Å²) in [4.78, 5) is 29.1. The van der Waals surface area contributed by atoms with E-state index < -0.39 is 5.54 Å². The first-order chi connectivity index (χ1) is 15.9. The van der Waals surface area contributed by atoms with Gasteiger partial charge >= 0.3 is 0 Å². The maximum Gasteiger partial charge on any atom is 0.277 e. The molecule has 1 saturated carbocycles. The largest absolute Gasteiger partial charge is 0.463 e. The zero-order chi connectivity index (χ0) is 23.2. The van der Waals surface area contributed by atoms with E-state index in [0.29, 0.717) is 28.8 Å². The molecule has 2 aliphatic rings. The van der Waals surface area contributed by atoms with Crippen molar-refractivity contribution >= 4 is 17.5 Å². The number of rotatable bonds is 5. The van der Waals surface area contributed by atoms with Gasteiger partial charge in [-0.15, -0.1) is 0 Å². The Morgan fingerprint density at radius 1 is 1.18 bits per heavy atom. The highest BCUT2D eigenvalue weighted by atomic mass is 16.3. The topological polar surface area (TPSA) is 80.4 Å². The van der Waals surface area contributed by atoms with Crippen LogP contribution in [0.25, 0.3) is 11.5 Å². The highest BCUT2D eigenvalue weighted by Gasteiger charge is 2.49. The van der Waals surface area contributed by atoms with Crippen molar-refractivity contribution in [2.75, 3.05) is 4.90 Å². The quantitative estimate of drug-likeness (QED) is 0.614. The minimum Gasteiger partial charge on any atom is -0.463 e. The highest BCUT2D eigenvalue weighted by Crippen LogP contribution is 2.35. The molecule has 0 saturated heterocycles. The van der Waals surface area contributed by atoms with Gasteiger partial charge in [-0.3, -0.25) is 19.2 Å². The van der Waals surface area contributed by atoms with Crippen LogP contribution < -0.4 is 10.2 Å². The molecule has 1 aromatic carbocycles. The van der Waals surface area contributed by atoms with Crippen LogP contribution in [0.5, 0.6) is 0 Å². The fourth-order valence-corrected chi connectivity index (χ4v) is 4.95. The highest BCUT2D eigenvalue weighted by molar-refractivity contribution is 6.12. The number of hydrogen-bond acceptors (Lipinski definition) is 4. The Morgan fingerprint density at radius 2 is 1.91 bits per heavy atom. The van der Waals surface area contributed by atoms with Crippen molar-refractivity contribution in [1.29, 1.82) is 0 Å². The van der Waals surface area contributed by atoms with Crippen LogP contribution in [0.1, 0.15) is 68.4 Å². The lowest BCUT2D eigenvalue weighted by Crippen LogP contribution is -2.65. The zero-order valence-corrected chi connectivity index (χ0v) is 19.4. The van der Waals surface area contributed by atoms with E-state index in [1.54, 1.807) is 28.0 Å². The molecule has 7 heteroatoms. The summed E-state index contributed by atoms with van der Waals surface area (Å²) in [6.07, 6.45) is 5.79. The van der Waals surface area contributed by atoms with Gasteiger partial charge < -0.3 is 9.73 Å². The fraction of sp³-hybridized carbons (Fsp3) is 0.423. The Kier molecular flexibility index (Phi) is 5.35. The van der Waals surface area contributed by atoms with Crippen LogP contribution in [0.15, 0.2) is 53.1 Å². The van der Waals surface area contributed by atoms with Gasteiger partial charge in [0.05, 0.1) is 12.8 Å². The van der Waals surface area contributed by atoms with E-state index in [-0.39, 0.29) is 24.4 Å². The van der Waals surface area contributed by atoms with Crippen LogP contribution in [0.4, 0.5) is 5.69 Å². The van der Waals surface area contributed by atoms with Gasteiger partial charge in [0.15, 0.2) is 5.76 Å². The third-order valence-electron chi connectivity index (χ3n) is 6.92. The van der Waals surface area contributed by atoms with Crippen molar-refractivity contribution < 1.29 is 14.0 Å². The molecule has 1 atom stereocenters. The van der Waals surface area contributed by atoms with Gasteiger partial charge in [0.2, 0.25) is 5.91 Å². The summed E-state index contributed by atoms with van der Waals surface area (Å²) < 4.78 is 7.13. The molecule has 1 N–H and O–H groups in total. The van der Waals surface area contributed by atoms with Crippen LogP contribution in [0.3, 0.4) is 0 Å². The number of fused-ring (bicyclic) bond motifs is 1. The summed E-state index contributed by atoms with van der Waals surface area (Å²) in [6, 6.07) is 13.4. The van der Waals surface area contributed by atoms with Crippen molar-refractivity contribution in [3.63, 3.8) is 0 Å². The van der Waals surface area contributed by atoms with E-state index in [0.717, 1.165) is 25.7 Å². The van der Waals surface area contributed by atoms with Crippen molar-refractivity contribution in [1.82, 2.24) is 15.1 Å². The molecule has 1 fully saturated rings. The van der Waals surface area contributed by atoms with Crippen molar-refractivity contribution in [2.45, 2.75) is 70.5 Å². The molecular weight excluding hydrogens is 416 g/mol. The summed E-state index contributed by atoms with van der Waals surface area (Å²) in [5.74, 6) is 0.587. The van der Waals surface area contributed by atoms with Gasteiger partial charge in [-0.25, -0.2) is 0 Å². The number of furan rings is 1. The van der Waals surface area contributed by atoms with Crippen LogP contribution in [-0.2, 0) is 11.3 Å². The lowest BCUT2D eigenvalue weighted by molar-refractivity contribution is -0.127. The molecule has 0 bridgehead atoms. The van der Waals surface area contributed by atoms with Crippen molar-refractivity contribution in [3.05, 3.63) is 60.0 Å². The Balaban J connectivity index is 1.56. The van der Waals surface area contributed by atoms with E-state index in [1.165, 1.54) is 5.56 Å². The molecule has 3 aromatic rings. The Hall–Kier alpha value is -3.35. The van der Waals surface area contributed by atoms with Gasteiger partial charge in [0.1, 0.15) is 16.9 Å². The molecule has 0 spiro atoms. The first-order valence-electron chi connectivity index (χ1n) is 11.7. The molecule has 0 radical (unpaired) electrons. The Bertz CT molecular complexity index is 1160. The second-order valence-corrected chi connectivity index (χ2v) is 9.67. The Morgan fingerprint density at radius 3 is 2.55 bits per heavy atom. The van der Waals surface area contributed by atoms with Gasteiger partial charge in [-0.1, -0.05) is 38.8 Å². The fourth-order valence-electron chi connectivity index (χ4n) is 4.95. The SMILES string of the molecule is CC(C)c1ccc(N2C(=O)c3cc(-c4ccco4)nn3CC2(C)C(=O)NC2CCCC2)cc1. The van der Waals surface area contributed by atoms with E-state index in [4.69, 9.17) is 4.42 Å². The van der Waals surface area contributed by atoms with Gasteiger partial charge in [0.25, 0.3) is 5.91 Å². The number of carbonyl (C=O) groups excluding carboxylic acids is 2. The molecule has 7 nitrogen and oxygen atoms in total. The summed E-state index contributed by atoms with van der Waals surface area (Å²) in [5, 5.41) is 7.83. The number of benzene rings is 1. The predicted molar refractivity (Wildman–Crippen MR) is 126 cm³/mol. The van der Waals surface area contributed by atoms with Crippen LogP contribution in [0, 0.1) is 0 Å². The molecule has 172 valence electrons. The van der Waals surface area contributed by atoms with Crippen molar-refractivity contribution in [3.8, 4) is 11.5 Å². The molecule has 33 heavy (non-hydrogen) atoms. The average Bonchev–Trinajstić information content (AvgIpc) is 3.55. The summed E-state index contributed by atoms with van der Waals surface area (Å²) in [5.41, 5.74) is 1.81. The summed E-state index contributed by atoms with van der Waals surface area (Å²) in [7, 11) is 0. The second-order valence-electron chi connectivity index (χ2n) is 9.67. The lowest BCUT2D eigenvalue weighted by Gasteiger charge is -2.43. The molecule has 1 aliphatic heterocycles. The zero-order valence-electron chi connectivity index (χ0n) is 19.4. The van der Waals surface area contributed by atoms with E-state index in [2.05, 4.69) is 24.3 Å². The number of nitrogens with one attached hydrogen (secondary N) is 1. The normalized spacial score (nSPS) is 21.0. The molecule has 1 unspecified atom stereocenters. The summed E-state index contributed by atoms with van der Waals surface area (Å²) in [6.45, 7) is 6.37. The van der Waals surface area contributed by atoms with E-state index in [1.807, 2.05) is 37.3 Å². The summed E-state index contributed by atoms with van der Waals surface area (Å²) >= 11 is 0. The number of carbonyl (C=O) groups is 2. The number of hydrogen-bond donors (Lipinski definition) is 1. The first kappa shape index (κ1) is 21.5. The third kappa shape index (κ3) is 3.75. The van der Waals surface area contributed by atoms with E-state index in [9.17, 15) is 9.59 Å². The van der Waals surface area contributed by atoms with Crippen molar-refractivity contribution in [2.24, 2.45) is 0 Å². The van der Waals surface area contributed by atoms with Crippen LogP contribution in [0.2, 0.25) is 0 Å². The number of anilines is 1. The maximum atomic E-state index is 13.8. The first-order valence-corrected chi connectivity index (χ1v) is 11.7. The third-order valence-corrected chi connectivity index (χ3v) is 6.92. The average molecular weight is 447 g/mol. The molecule has 2 aromatic heterocycles. The monoisotopic (exact) mass is 446 g/mol. The smallest absolute Gasteiger partial charge is 0.277 e. The van der Waals surface area contributed by atoms with Gasteiger partial charge in [-0.2, -0.15) is 5.10 Å². The number of amides is 2. The minimum absolute atomic E-state index is 0.142. The predicted octanol–water partition coefficient (Wildman–Crippen LogP) is 4.74. The standard InChI is InChI=1S/C26H30N4O3/c1-17(2)18-10-12-20(13-11-18)30-24(31)22-15-21(23-9-6-14-33-23)28-29(22)16-26(30,3)25(32)27-19-7-4-5-8-19/h6,9-15,17,19H,4-5,7-8,16H2,1-3H3,(H,27,32). The van der Waals surface area contributed by atoms with Gasteiger partial charge in [0, 0.05) is 17.8 Å². The molecule has 2 amide bonds. The molecule has 1 aliphatic carbocycles. The van der Waals surface area contributed by atoms with Crippen LogP contribution in [-0.4, -0.2) is 33.2 Å². The lowest BCUT2D eigenvalue weighted by atomic mass is 9.93. The number of nitrogens with zero attached hydrogens (tertiary/aromatic N) is 3. The molecule has 5 rings (SSSR count). The maximum absolute atomic E-state index is 13.8. The minimum atomic E-state index is -1.11. The molecule has 3 heterocycles. The van der Waals surface area contributed by atoms with E-state index >= 15 is 0 Å². The van der Waals surface area contributed by atoms with Gasteiger partial charge in [-0.05, 0) is 55.5 Å². The van der Waals surface area contributed by atoms with Crippen LogP contribution >= 0.6 is 0 Å². The second kappa shape index (κ2) is 8.21.